The molecule has 0 bridgehead atoms. The first-order valence-corrected chi connectivity index (χ1v) is 8.64. The molecular weight excluding hydrogens is 336 g/mol. The highest BCUT2D eigenvalue weighted by Gasteiger charge is 2.24. The minimum Gasteiger partial charge on any atom is -0.314 e. The predicted octanol–water partition coefficient (Wildman–Crippen LogP) is 4.49. The molecule has 20 heavy (non-hydrogen) atoms. The Morgan fingerprint density at radius 3 is 2.60 bits per heavy atom. The van der Waals surface area contributed by atoms with Crippen LogP contribution in [0.15, 0.2) is 22.7 Å². The molecule has 1 heterocycles. The highest BCUT2D eigenvalue weighted by Crippen LogP contribution is 2.34. The van der Waals surface area contributed by atoms with Gasteiger partial charge >= 0.3 is 0 Å². The van der Waals surface area contributed by atoms with Crippen LogP contribution in [-0.4, -0.2) is 31.1 Å². The Morgan fingerprint density at radius 2 is 1.95 bits per heavy atom. The van der Waals surface area contributed by atoms with Crippen molar-refractivity contribution in [3.05, 3.63) is 33.3 Å². The molecule has 1 aromatic carbocycles. The van der Waals surface area contributed by atoms with Crippen molar-refractivity contribution in [1.82, 2.24) is 10.2 Å². The molecule has 4 heteroatoms. The van der Waals surface area contributed by atoms with E-state index >= 15 is 0 Å². The maximum atomic E-state index is 6.46. The Hall–Kier alpha value is -0.0900. The second-order valence-electron chi connectivity index (χ2n) is 5.94. The van der Waals surface area contributed by atoms with E-state index < -0.39 is 0 Å². The normalized spacial score (nSPS) is 18.4. The summed E-state index contributed by atoms with van der Waals surface area (Å²) in [5.74, 6) is 0.728. The average Bonchev–Trinajstić information content (AvgIpc) is 2.43. The molecule has 0 unspecified atom stereocenters. The number of rotatable bonds is 5. The van der Waals surface area contributed by atoms with Crippen molar-refractivity contribution in [3.8, 4) is 0 Å². The van der Waals surface area contributed by atoms with Crippen molar-refractivity contribution in [2.24, 2.45) is 5.92 Å². The van der Waals surface area contributed by atoms with E-state index in [1.807, 2.05) is 12.1 Å². The highest BCUT2D eigenvalue weighted by atomic mass is 79.9. The Labute approximate surface area is 136 Å². The number of hydrogen-bond donors (Lipinski definition) is 1. The van der Waals surface area contributed by atoms with Crippen molar-refractivity contribution in [2.45, 2.75) is 32.7 Å². The van der Waals surface area contributed by atoms with Crippen LogP contribution in [0.3, 0.4) is 0 Å². The molecule has 0 aliphatic carbocycles. The van der Waals surface area contributed by atoms with Crippen LogP contribution in [0.1, 0.15) is 38.3 Å². The lowest BCUT2D eigenvalue weighted by molar-refractivity contribution is 0.160. The molecule has 0 saturated carbocycles. The van der Waals surface area contributed by atoms with E-state index in [0.717, 1.165) is 41.6 Å². The molecule has 0 aromatic heterocycles. The Bertz CT molecular complexity index is 430. The van der Waals surface area contributed by atoms with Gasteiger partial charge in [-0.25, -0.2) is 0 Å². The maximum absolute atomic E-state index is 6.46. The van der Waals surface area contributed by atoms with Gasteiger partial charge in [-0.1, -0.05) is 41.4 Å². The summed E-state index contributed by atoms with van der Waals surface area (Å²) in [5.41, 5.74) is 1.27. The first-order chi connectivity index (χ1) is 9.58. The molecule has 1 atom stereocenters. The Balaban J connectivity index is 2.21. The molecule has 1 fully saturated rings. The summed E-state index contributed by atoms with van der Waals surface area (Å²) >= 11 is 10.0. The smallest absolute Gasteiger partial charge is 0.0454 e. The van der Waals surface area contributed by atoms with E-state index in [4.69, 9.17) is 11.6 Å². The Morgan fingerprint density at radius 1 is 1.25 bits per heavy atom. The van der Waals surface area contributed by atoms with Crippen LogP contribution in [0.4, 0.5) is 0 Å². The second kappa shape index (κ2) is 7.79. The van der Waals surface area contributed by atoms with E-state index in [2.05, 4.69) is 46.1 Å². The molecule has 0 radical (unpaired) electrons. The van der Waals surface area contributed by atoms with E-state index in [-0.39, 0.29) is 0 Å². The Kier molecular flexibility index (Phi) is 6.34. The van der Waals surface area contributed by atoms with Crippen molar-refractivity contribution < 1.29 is 0 Å². The van der Waals surface area contributed by atoms with Gasteiger partial charge in [-0.3, -0.25) is 4.90 Å². The van der Waals surface area contributed by atoms with Gasteiger partial charge in [0.2, 0.25) is 0 Å². The lowest BCUT2D eigenvalue weighted by atomic mass is 9.95. The zero-order valence-corrected chi connectivity index (χ0v) is 14.7. The fraction of sp³-hybridized carbons (Fsp3) is 0.625. The van der Waals surface area contributed by atoms with Crippen molar-refractivity contribution in [3.63, 3.8) is 0 Å². The van der Waals surface area contributed by atoms with Gasteiger partial charge in [-0.05, 0) is 42.5 Å². The maximum Gasteiger partial charge on any atom is 0.0454 e. The average molecular weight is 360 g/mol. The molecule has 112 valence electrons. The summed E-state index contributed by atoms with van der Waals surface area (Å²) in [4.78, 5) is 2.58. The summed E-state index contributed by atoms with van der Waals surface area (Å²) < 4.78 is 1.11. The molecular formula is C16H24BrClN2. The first kappa shape index (κ1) is 16.3. The molecule has 1 aromatic rings. The van der Waals surface area contributed by atoms with E-state index in [9.17, 15) is 0 Å². The van der Waals surface area contributed by atoms with Crippen LogP contribution in [0, 0.1) is 5.92 Å². The monoisotopic (exact) mass is 358 g/mol. The van der Waals surface area contributed by atoms with Gasteiger partial charge in [0.15, 0.2) is 0 Å². The van der Waals surface area contributed by atoms with Crippen LogP contribution in [0.25, 0.3) is 0 Å². The third kappa shape index (κ3) is 4.45. The molecule has 0 amide bonds. The van der Waals surface area contributed by atoms with Crippen LogP contribution in [0.5, 0.6) is 0 Å². The van der Waals surface area contributed by atoms with Crippen molar-refractivity contribution >= 4 is 27.5 Å². The second-order valence-corrected chi connectivity index (χ2v) is 7.26. The minimum atomic E-state index is 0.435. The van der Waals surface area contributed by atoms with Crippen LogP contribution >= 0.6 is 27.5 Å². The third-order valence-electron chi connectivity index (χ3n) is 3.93. The van der Waals surface area contributed by atoms with Crippen molar-refractivity contribution in [2.75, 3.05) is 26.2 Å². The summed E-state index contributed by atoms with van der Waals surface area (Å²) in [5, 5.41) is 4.32. The van der Waals surface area contributed by atoms with E-state index in [1.165, 1.54) is 18.4 Å². The molecule has 1 saturated heterocycles. The number of hydrogen-bond acceptors (Lipinski definition) is 2. The van der Waals surface area contributed by atoms with E-state index in [0.29, 0.717) is 6.04 Å². The van der Waals surface area contributed by atoms with Crippen molar-refractivity contribution in [1.29, 1.82) is 0 Å². The highest BCUT2D eigenvalue weighted by molar-refractivity contribution is 9.10. The number of halogens is 2. The van der Waals surface area contributed by atoms with Gasteiger partial charge in [-0.2, -0.15) is 0 Å². The number of benzene rings is 1. The molecule has 1 N–H and O–H groups in total. The van der Waals surface area contributed by atoms with Crippen LogP contribution in [0.2, 0.25) is 5.02 Å². The van der Waals surface area contributed by atoms with Crippen LogP contribution < -0.4 is 5.32 Å². The molecule has 1 aliphatic rings. The van der Waals surface area contributed by atoms with Gasteiger partial charge in [-0.15, -0.1) is 0 Å². The number of nitrogens with zero attached hydrogens (tertiary/aromatic N) is 1. The lowest BCUT2D eigenvalue weighted by Crippen LogP contribution is -2.45. The fourth-order valence-corrected chi connectivity index (χ4v) is 3.41. The van der Waals surface area contributed by atoms with Crippen LogP contribution in [-0.2, 0) is 0 Å². The van der Waals surface area contributed by atoms with Gasteiger partial charge in [0.1, 0.15) is 0 Å². The third-order valence-corrected chi connectivity index (χ3v) is 4.76. The summed E-state index contributed by atoms with van der Waals surface area (Å²) in [7, 11) is 0. The summed E-state index contributed by atoms with van der Waals surface area (Å²) in [6, 6.07) is 6.65. The largest absolute Gasteiger partial charge is 0.314 e. The SMILES string of the molecule is CC(C)CC[C@@H](c1cc(Br)ccc1Cl)N1CCNCC1. The topological polar surface area (TPSA) is 15.3 Å². The molecule has 0 spiro atoms. The van der Waals surface area contributed by atoms with E-state index in [1.54, 1.807) is 0 Å². The van der Waals surface area contributed by atoms with Gasteiger partial charge in [0, 0.05) is 41.7 Å². The molecule has 2 rings (SSSR count). The van der Waals surface area contributed by atoms with Gasteiger partial charge < -0.3 is 5.32 Å². The van der Waals surface area contributed by atoms with Gasteiger partial charge in [0.05, 0.1) is 0 Å². The lowest BCUT2D eigenvalue weighted by Gasteiger charge is -2.36. The minimum absolute atomic E-state index is 0.435. The summed E-state index contributed by atoms with van der Waals surface area (Å²) in [6.07, 6.45) is 2.41. The first-order valence-electron chi connectivity index (χ1n) is 7.47. The standard InChI is InChI=1S/C16H24BrClN2/c1-12(2)3-6-16(20-9-7-19-8-10-20)14-11-13(17)4-5-15(14)18/h4-5,11-12,16,19H,3,6-10H2,1-2H3/t16-/m0/s1. The van der Waals surface area contributed by atoms with Gasteiger partial charge in [0.25, 0.3) is 0 Å². The molecule has 1 aliphatic heterocycles. The zero-order chi connectivity index (χ0) is 14.5. The quantitative estimate of drug-likeness (QED) is 0.833. The molecule has 2 nitrogen and oxygen atoms in total. The zero-order valence-electron chi connectivity index (χ0n) is 12.3. The number of nitrogens with one attached hydrogen (secondary N) is 1. The number of piperazine rings is 1. The summed E-state index contributed by atoms with van der Waals surface area (Å²) in [6.45, 7) is 8.93. The predicted molar refractivity (Wildman–Crippen MR) is 90.4 cm³/mol. The fourth-order valence-electron chi connectivity index (χ4n) is 2.79.